The minimum absolute atomic E-state index is 0.186. The summed E-state index contributed by atoms with van der Waals surface area (Å²) in [7, 11) is 0. The van der Waals surface area contributed by atoms with Crippen molar-refractivity contribution in [2.45, 2.75) is 53.1 Å². The van der Waals surface area contributed by atoms with Gasteiger partial charge in [0.25, 0.3) is 0 Å². The van der Waals surface area contributed by atoms with Gasteiger partial charge in [0.15, 0.2) is 0 Å². The van der Waals surface area contributed by atoms with Gasteiger partial charge in [0.1, 0.15) is 5.60 Å². The van der Waals surface area contributed by atoms with Crippen LogP contribution < -0.4 is 5.73 Å². The molecule has 1 saturated heterocycles. The van der Waals surface area contributed by atoms with Crippen molar-refractivity contribution >= 4 is 12.0 Å². The lowest BCUT2D eigenvalue weighted by Gasteiger charge is -2.42. The lowest BCUT2D eigenvalue weighted by molar-refractivity contribution is -0.133. The molecule has 0 saturated carbocycles. The maximum absolute atomic E-state index is 12.0. The van der Waals surface area contributed by atoms with Gasteiger partial charge in [-0.25, -0.2) is 4.79 Å². The van der Waals surface area contributed by atoms with Gasteiger partial charge in [0, 0.05) is 13.1 Å². The number of carbonyl (C=O) groups is 2. The highest BCUT2D eigenvalue weighted by Gasteiger charge is 2.43. The molecule has 0 aliphatic carbocycles. The Labute approximate surface area is 115 Å². The fourth-order valence-corrected chi connectivity index (χ4v) is 2.52. The summed E-state index contributed by atoms with van der Waals surface area (Å²) >= 11 is 0. The first-order valence-electron chi connectivity index (χ1n) is 6.86. The molecular weight excluding hydrogens is 244 g/mol. The summed E-state index contributed by atoms with van der Waals surface area (Å²) in [6.45, 7) is 10.6. The van der Waals surface area contributed by atoms with Gasteiger partial charge in [-0.1, -0.05) is 13.8 Å². The van der Waals surface area contributed by atoms with Gasteiger partial charge >= 0.3 is 6.09 Å². The van der Waals surface area contributed by atoms with Gasteiger partial charge in [-0.05, 0) is 39.5 Å². The quantitative estimate of drug-likeness (QED) is 0.835. The van der Waals surface area contributed by atoms with Crippen molar-refractivity contribution in [1.82, 2.24) is 4.90 Å². The third-order valence-corrected chi connectivity index (χ3v) is 3.90. The van der Waals surface area contributed by atoms with E-state index in [1.165, 1.54) is 0 Å². The SMILES string of the molecule is CC(C)C1(C(N)=O)CCN(C(=O)OC(C)(C)C)CC1. The Morgan fingerprint density at radius 2 is 1.68 bits per heavy atom. The molecule has 2 amide bonds. The summed E-state index contributed by atoms with van der Waals surface area (Å²) in [5.41, 5.74) is 4.57. The number of ether oxygens (including phenoxy) is 1. The molecule has 110 valence electrons. The first-order chi connectivity index (χ1) is 8.58. The molecule has 0 aromatic rings. The molecule has 2 N–H and O–H groups in total. The summed E-state index contributed by atoms with van der Waals surface area (Å²) in [5.74, 6) is -0.0721. The third-order valence-electron chi connectivity index (χ3n) is 3.90. The molecule has 0 bridgehead atoms. The molecule has 5 heteroatoms. The molecule has 5 nitrogen and oxygen atoms in total. The number of piperidine rings is 1. The molecule has 0 aromatic heterocycles. The lowest BCUT2D eigenvalue weighted by Crippen LogP contribution is -2.52. The van der Waals surface area contributed by atoms with E-state index >= 15 is 0 Å². The third kappa shape index (κ3) is 3.61. The first kappa shape index (κ1) is 15.8. The summed E-state index contributed by atoms with van der Waals surface area (Å²) < 4.78 is 5.34. The number of hydrogen-bond donors (Lipinski definition) is 1. The van der Waals surface area contributed by atoms with Crippen LogP contribution >= 0.6 is 0 Å². The van der Waals surface area contributed by atoms with Crippen molar-refractivity contribution in [3.05, 3.63) is 0 Å². The van der Waals surface area contributed by atoms with Gasteiger partial charge < -0.3 is 15.4 Å². The van der Waals surface area contributed by atoms with E-state index in [0.29, 0.717) is 25.9 Å². The van der Waals surface area contributed by atoms with Crippen LogP contribution in [0, 0.1) is 11.3 Å². The molecule has 0 aromatic carbocycles. The van der Waals surface area contributed by atoms with E-state index in [4.69, 9.17) is 10.5 Å². The average Bonchev–Trinajstić information content (AvgIpc) is 2.26. The van der Waals surface area contributed by atoms with Crippen molar-refractivity contribution in [2.24, 2.45) is 17.1 Å². The molecule has 1 fully saturated rings. The number of nitrogens with zero attached hydrogens (tertiary/aromatic N) is 1. The second kappa shape index (κ2) is 5.39. The number of carbonyl (C=O) groups excluding carboxylic acids is 2. The van der Waals surface area contributed by atoms with E-state index in [-0.39, 0.29) is 17.9 Å². The molecule has 1 aliphatic rings. The standard InChI is InChI=1S/C14H26N2O3/c1-10(2)14(11(15)17)6-8-16(9-7-14)12(18)19-13(3,4)5/h10H,6-9H2,1-5H3,(H2,15,17). The van der Waals surface area contributed by atoms with Crippen LogP contribution in [-0.4, -0.2) is 35.6 Å². The molecule has 1 aliphatic heterocycles. The summed E-state index contributed by atoms with van der Waals surface area (Å²) in [4.78, 5) is 25.3. The van der Waals surface area contributed by atoms with E-state index in [2.05, 4.69) is 0 Å². The molecule has 0 atom stereocenters. The van der Waals surface area contributed by atoms with Crippen molar-refractivity contribution < 1.29 is 14.3 Å². The number of nitrogens with two attached hydrogens (primary N) is 1. The van der Waals surface area contributed by atoms with Gasteiger partial charge in [0.05, 0.1) is 5.41 Å². The normalized spacial score (nSPS) is 19.4. The largest absolute Gasteiger partial charge is 0.444 e. The maximum atomic E-state index is 12.0. The minimum Gasteiger partial charge on any atom is -0.444 e. The van der Waals surface area contributed by atoms with E-state index in [9.17, 15) is 9.59 Å². The molecule has 0 unspecified atom stereocenters. The predicted octanol–water partition coefficient (Wildman–Crippen LogP) is 2.14. The Hall–Kier alpha value is -1.26. The number of rotatable bonds is 2. The van der Waals surface area contributed by atoms with Crippen LogP contribution in [0.1, 0.15) is 47.5 Å². The summed E-state index contributed by atoms with van der Waals surface area (Å²) in [6.07, 6.45) is 0.910. The van der Waals surface area contributed by atoms with E-state index in [0.717, 1.165) is 0 Å². The highest BCUT2D eigenvalue weighted by atomic mass is 16.6. The monoisotopic (exact) mass is 270 g/mol. The van der Waals surface area contributed by atoms with Crippen LogP contribution in [0.25, 0.3) is 0 Å². The molecule has 1 heterocycles. The lowest BCUT2D eigenvalue weighted by atomic mass is 9.69. The first-order valence-corrected chi connectivity index (χ1v) is 6.86. The number of amides is 2. The summed E-state index contributed by atoms with van der Waals surface area (Å²) in [6, 6.07) is 0. The van der Waals surface area contributed by atoms with Gasteiger partial charge in [0.2, 0.25) is 5.91 Å². The topological polar surface area (TPSA) is 72.6 Å². The number of likely N-dealkylation sites (tertiary alicyclic amines) is 1. The Morgan fingerprint density at radius 1 is 1.21 bits per heavy atom. The van der Waals surface area contributed by atoms with Gasteiger partial charge in [-0.15, -0.1) is 0 Å². The van der Waals surface area contributed by atoms with E-state index in [1.54, 1.807) is 4.90 Å². The van der Waals surface area contributed by atoms with Crippen molar-refractivity contribution in [3.8, 4) is 0 Å². The van der Waals surface area contributed by atoms with E-state index in [1.807, 2.05) is 34.6 Å². The molecule has 0 spiro atoms. The average molecular weight is 270 g/mol. The fourth-order valence-electron chi connectivity index (χ4n) is 2.52. The second-order valence-corrected chi connectivity index (χ2v) is 6.64. The van der Waals surface area contributed by atoms with Crippen molar-refractivity contribution in [3.63, 3.8) is 0 Å². The Balaban J connectivity index is 2.66. The van der Waals surface area contributed by atoms with Crippen LogP contribution in [0.5, 0.6) is 0 Å². The van der Waals surface area contributed by atoms with E-state index < -0.39 is 11.0 Å². The molecular formula is C14H26N2O3. The Kier molecular flexibility index (Phi) is 4.48. The highest BCUT2D eigenvalue weighted by molar-refractivity contribution is 5.81. The van der Waals surface area contributed by atoms with Crippen LogP contribution in [-0.2, 0) is 9.53 Å². The molecule has 1 rings (SSSR count). The second-order valence-electron chi connectivity index (χ2n) is 6.64. The zero-order valence-corrected chi connectivity index (χ0v) is 12.7. The highest BCUT2D eigenvalue weighted by Crippen LogP contribution is 2.38. The smallest absolute Gasteiger partial charge is 0.410 e. The van der Waals surface area contributed by atoms with Crippen molar-refractivity contribution in [1.29, 1.82) is 0 Å². The zero-order valence-electron chi connectivity index (χ0n) is 12.7. The maximum Gasteiger partial charge on any atom is 0.410 e. The van der Waals surface area contributed by atoms with Gasteiger partial charge in [-0.2, -0.15) is 0 Å². The zero-order chi connectivity index (χ0) is 14.8. The Bertz CT molecular complexity index is 350. The predicted molar refractivity (Wildman–Crippen MR) is 73.5 cm³/mol. The number of primary amides is 1. The minimum atomic E-state index is -0.493. The summed E-state index contributed by atoms with van der Waals surface area (Å²) in [5, 5.41) is 0. The Morgan fingerprint density at radius 3 is 2.00 bits per heavy atom. The van der Waals surface area contributed by atoms with Crippen LogP contribution in [0.4, 0.5) is 4.79 Å². The fraction of sp³-hybridized carbons (Fsp3) is 0.857. The molecule has 0 radical (unpaired) electrons. The van der Waals surface area contributed by atoms with Crippen LogP contribution in [0.15, 0.2) is 0 Å². The van der Waals surface area contributed by atoms with Crippen LogP contribution in [0.2, 0.25) is 0 Å². The molecule has 19 heavy (non-hydrogen) atoms. The number of hydrogen-bond acceptors (Lipinski definition) is 3. The van der Waals surface area contributed by atoms with Crippen LogP contribution in [0.3, 0.4) is 0 Å². The van der Waals surface area contributed by atoms with Crippen molar-refractivity contribution in [2.75, 3.05) is 13.1 Å². The van der Waals surface area contributed by atoms with Gasteiger partial charge in [-0.3, -0.25) is 4.79 Å².